The van der Waals surface area contributed by atoms with E-state index in [0.29, 0.717) is 5.01 Å². The van der Waals surface area contributed by atoms with Crippen molar-refractivity contribution in [1.29, 1.82) is 0 Å². The molecule has 1 heterocycles. The molecule has 1 fully saturated rings. The summed E-state index contributed by atoms with van der Waals surface area (Å²) in [5.41, 5.74) is 0.838. The molecular weight excluding hydrogens is 397 g/mol. The normalized spacial score (nSPS) is 21.8. The van der Waals surface area contributed by atoms with E-state index in [1.165, 1.54) is 36.4 Å². The van der Waals surface area contributed by atoms with Gasteiger partial charge in [-0.25, -0.2) is 5.43 Å². The Morgan fingerprint density at radius 3 is 2.14 bits per heavy atom. The number of rotatable bonds is 4. The number of carbonyl (C=O) groups excluding carboxylic acids is 1. The molecule has 3 atom stereocenters. The Hall–Kier alpha value is -3.54. The highest BCUT2D eigenvalue weighted by molar-refractivity contribution is 5.98. The number of nitro groups is 2. The van der Waals surface area contributed by atoms with Crippen molar-refractivity contribution < 1.29 is 27.8 Å². The standard InChI is InChI=1S/C17H13F3N4O5/c18-17(19,20)15-14(24(28)29)13(10-6-2-1-3-7-10)22(21-15)16(25)11-8-4-5-9-12(11)23(26)27/h1-9,13-15,21H/t13-,14+,15+/m0/s1. The van der Waals surface area contributed by atoms with Gasteiger partial charge >= 0.3 is 6.18 Å². The van der Waals surface area contributed by atoms with E-state index in [1.54, 1.807) is 6.07 Å². The number of hydrogen-bond donors (Lipinski definition) is 1. The van der Waals surface area contributed by atoms with Gasteiger partial charge in [0.2, 0.25) is 0 Å². The minimum Gasteiger partial charge on any atom is -0.267 e. The molecule has 9 nitrogen and oxygen atoms in total. The second-order valence-corrected chi connectivity index (χ2v) is 6.23. The molecule has 1 aliphatic heterocycles. The van der Waals surface area contributed by atoms with Crippen molar-refractivity contribution >= 4 is 11.6 Å². The van der Waals surface area contributed by atoms with E-state index in [-0.39, 0.29) is 5.56 Å². The third-order valence-electron chi connectivity index (χ3n) is 4.51. The summed E-state index contributed by atoms with van der Waals surface area (Å²) in [6, 6.07) is 5.33. The monoisotopic (exact) mass is 410 g/mol. The van der Waals surface area contributed by atoms with E-state index in [4.69, 9.17) is 0 Å². The number of para-hydroxylation sites is 1. The molecular formula is C17H13F3N4O5. The number of benzene rings is 2. The van der Waals surface area contributed by atoms with E-state index >= 15 is 0 Å². The Kier molecular flexibility index (Phi) is 5.20. The topological polar surface area (TPSA) is 119 Å². The van der Waals surface area contributed by atoms with Crippen LogP contribution in [0.4, 0.5) is 18.9 Å². The number of carbonyl (C=O) groups is 1. The van der Waals surface area contributed by atoms with Gasteiger partial charge in [-0.1, -0.05) is 42.5 Å². The Balaban J connectivity index is 2.14. The second-order valence-electron chi connectivity index (χ2n) is 6.23. The van der Waals surface area contributed by atoms with Crippen molar-refractivity contribution in [3.8, 4) is 0 Å². The lowest BCUT2D eigenvalue weighted by molar-refractivity contribution is -0.534. The van der Waals surface area contributed by atoms with Gasteiger partial charge in [0.15, 0.2) is 6.04 Å². The van der Waals surface area contributed by atoms with E-state index in [2.05, 4.69) is 0 Å². The van der Waals surface area contributed by atoms with Crippen LogP contribution in [-0.4, -0.2) is 39.0 Å². The van der Waals surface area contributed by atoms with Crippen LogP contribution in [0.15, 0.2) is 54.6 Å². The average molecular weight is 410 g/mol. The Morgan fingerprint density at radius 2 is 1.59 bits per heavy atom. The molecule has 0 aliphatic carbocycles. The first-order valence-corrected chi connectivity index (χ1v) is 8.21. The van der Waals surface area contributed by atoms with Crippen LogP contribution in [-0.2, 0) is 0 Å². The largest absolute Gasteiger partial charge is 0.412 e. The Bertz CT molecular complexity index is 954. The maximum Gasteiger partial charge on any atom is 0.412 e. The minimum absolute atomic E-state index is 0.0837. The molecule has 0 radical (unpaired) electrons. The zero-order chi connectivity index (χ0) is 21.3. The summed E-state index contributed by atoms with van der Waals surface area (Å²) >= 11 is 0. The van der Waals surface area contributed by atoms with Crippen LogP contribution in [0, 0.1) is 20.2 Å². The highest BCUT2D eigenvalue weighted by Gasteiger charge is 2.62. The SMILES string of the molecule is O=C(c1ccccc1[N+](=O)[O-])N1N[C@@H](C(F)(F)F)[C@H]([N+](=O)[O-])[C@@H]1c1ccccc1. The van der Waals surface area contributed by atoms with Crippen LogP contribution in [0.5, 0.6) is 0 Å². The van der Waals surface area contributed by atoms with Crippen molar-refractivity contribution in [2.75, 3.05) is 0 Å². The van der Waals surface area contributed by atoms with E-state index in [0.717, 1.165) is 12.1 Å². The average Bonchev–Trinajstić information content (AvgIpc) is 3.09. The molecule has 29 heavy (non-hydrogen) atoms. The summed E-state index contributed by atoms with van der Waals surface area (Å²) in [5.74, 6) is -1.18. The maximum atomic E-state index is 13.5. The first-order valence-electron chi connectivity index (χ1n) is 8.21. The van der Waals surface area contributed by atoms with Gasteiger partial charge in [-0.05, 0) is 11.6 Å². The summed E-state index contributed by atoms with van der Waals surface area (Å²) in [5, 5.41) is 23.2. The Labute approximate surface area is 161 Å². The molecule has 0 unspecified atom stereocenters. The minimum atomic E-state index is -5.04. The fraction of sp³-hybridized carbons (Fsp3) is 0.235. The van der Waals surface area contributed by atoms with Gasteiger partial charge < -0.3 is 0 Å². The van der Waals surface area contributed by atoms with Crippen LogP contribution in [0.25, 0.3) is 0 Å². The number of hydrazine groups is 1. The number of nitro benzene ring substituents is 1. The Morgan fingerprint density at radius 1 is 1.00 bits per heavy atom. The van der Waals surface area contributed by atoms with Crippen LogP contribution >= 0.6 is 0 Å². The van der Waals surface area contributed by atoms with Gasteiger partial charge in [-0.15, -0.1) is 0 Å². The number of nitrogens with zero attached hydrogens (tertiary/aromatic N) is 3. The molecule has 3 rings (SSSR count). The summed E-state index contributed by atoms with van der Waals surface area (Å²) in [4.78, 5) is 33.8. The molecule has 1 saturated heterocycles. The third-order valence-corrected chi connectivity index (χ3v) is 4.51. The molecule has 1 amide bonds. The molecule has 1 N–H and O–H groups in total. The van der Waals surface area contributed by atoms with Gasteiger partial charge in [0, 0.05) is 11.0 Å². The second kappa shape index (κ2) is 7.47. The van der Waals surface area contributed by atoms with Crippen molar-refractivity contribution in [2.45, 2.75) is 24.3 Å². The van der Waals surface area contributed by atoms with Crippen LogP contribution < -0.4 is 5.43 Å². The predicted molar refractivity (Wildman–Crippen MR) is 92.2 cm³/mol. The molecule has 0 bridgehead atoms. The highest BCUT2D eigenvalue weighted by Crippen LogP contribution is 2.40. The summed E-state index contributed by atoms with van der Waals surface area (Å²) < 4.78 is 40.5. The maximum absolute atomic E-state index is 13.5. The molecule has 152 valence electrons. The van der Waals surface area contributed by atoms with Crippen molar-refractivity contribution in [3.63, 3.8) is 0 Å². The number of amides is 1. The molecule has 2 aromatic carbocycles. The highest BCUT2D eigenvalue weighted by atomic mass is 19.4. The lowest BCUT2D eigenvalue weighted by Gasteiger charge is -2.24. The first kappa shape index (κ1) is 20.2. The molecule has 0 saturated carbocycles. The predicted octanol–water partition coefficient (Wildman–Crippen LogP) is 2.87. The number of alkyl halides is 3. The number of nitrogens with one attached hydrogen (secondary N) is 1. The van der Waals surface area contributed by atoms with Crippen molar-refractivity contribution in [2.24, 2.45) is 0 Å². The van der Waals surface area contributed by atoms with Crippen LogP contribution in [0.2, 0.25) is 0 Å². The van der Waals surface area contributed by atoms with Crippen LogP contribution in [0.3, 0.4) is 0 Å². The number of halogens is 3. The molecule has 1 aliphatic rings. The summed E-state index contributed by atoms with van der Waals surface area (Å²) in [6.07, 6.45) is -5.04. The molecule has 12 heteroatoms. The summed E-state index contributed by atoms with van der Waals surface area (Å²) in [7, 11) is 0. The molecule has 2 aromatic rings. The van der Waals surface area contributed by atoms with Gasteiger partial charge in [0.25, 0.3) is 17.6 Å². The van der Waals surface area contributed by atoms with Crippen LogP contribution in [0.1, 0.15) is 22.0 Å². The van der Waals surface area contributed by atoms with Gasteiger partial charge in [0.05, 0.1) is 4.92 Å². The van der Waals surface area contributed by atoms with Gasteiger partial charge in [0.1, 0.15) is 11.6 Å². The lowest BCUT2D eigenvalue weighted by Crippen LogP contribution is -2.49. The fourth-order valence-electron chi connectivity index (χ4n) is 3.27. The van der Waals surface area contributed by atoms with Crippen molar-refractivity contribution in [1.82, 2.24) is 10.4 Å². The first-order chi connectivity index (χ1) is 13.6. The zero-order valence-corrected chi connectivity index (χ0v) is 14.4. The smallest absolute Gasteiger partial charge is 0.267 e. The van der Waals surface area contributed by atoms with E-state index in [9.17, 15) is 38.2 Å². The van der Waals surface area contributed by atoms with E-state index in [1.807, 2.05) is 5.43 Å². The number of hydrogen-bond acceptors (Lipinski definition) is 6. The fourth-order valence-corrected chi connectivity index (χ4v) is 3.27. The molecule has 0 spiro atoms. The van der Waals surface area contributed by atoms with Crippen molar-refractivity contribution in [3.05, 3.63) is 86.0 Å². The van der Waals surface area contributed by atoms with Gasteiger partial charge in [-0.2, -0.15) is 13.2 Å². The molecule has 0 aromatic heterocycles. The lowest BCUT2D eigenvalue weighted by atomic mass is 9.95. The summed E-state index contributed by atoms with van der Waals surface area (Å²) in [6.45, 7) is 0. The zero-order valence-electron chi connectivity index (χ0n) is 14.4. The quantitative estimate of drug-likeness (QED) is 0.612. The van der Waals surface area contributed by atoms with Gasteiger partial charge in [-0.3, -0.25) is 30.0 Å². The third kappa shape index (κ3) is 3.74. The van der Waals surface area contributed by atoms with E-state index < -0.39 is 51.3 Å².